The summed E-state index contributed by atoms with van der Waals surface area (Å²) in [7, 11) is 0. The fourth-order valence-electron chi connectivity index (χ4n) is 4.99. The van der Waals surface area contributed by atoms with Gasteiger partial charge in [0.15, 0.2) is 5.82 Å². The van der Waals surface area contributed by atoms with E-state index in [1.807, 2.05) is 0 Å². The number of aromatic nitrogens is 1. The fraction of sp³-hybridized carbons (Fsp3) is 0.379. The van der Waals surface area contributed by atoms with E-state index in [1.165, 1.54) is 37.6 Å². The van der Waals surface area contributed by atoms with E-state index < -0.39 is 5.97 Å². The second-order valence-corrected chi connectivity index (χ2v) is 9.54. The van der Waals surface area contributed by atoms with Crippen LogP contribution in [0.1, 0.15) is 60.5 Å². The molecule has 194 valence electrons. The summed E-state index contributed by atoms with van der Waals surface area (Å²) in [6.07, 6.45) is 6.25. The molecule has 1 saturated heterocycles. The van der Waals surface area contributed by atoms with Crippen molar-refractivity contribution < 1.29 is 14.7 Å². The van der Waals surface area contributed by atoms with Crippen LogP contribution in [0, 0.1) is 0 Å². The number of benzene rings is 2. The van der Waals surface area contributed by atoms with Crippen molar-refractivity contribution in [3.05, 3.63) is 59.2 Å². The van der Waals surface area contributed by atoms with Gasteiger partial charge < -0.3 is 15.3 Å². The van der Waals surface area contributed by atoms with E-state index >= 15 is 0 Å². The fourth-order valence-corrected chi connectivity index (χ4v) is 4.99. The lowest BCUT2D eigenvalue weighted by Gasteiger charge is -2.28. The number of fused-ring (bicyclic) bond motifs is 1. The molecule has 1 amide bonds. The molecule has 37 heavy (non-hydrogen) atoms. The van der Waals surface area contributed by atoms with E-state index in [1.54, 1.807) is 12.1 Å². The first kappa shape index (κ1) is 26.3. The third-order valence-electron chi connectivity index (χ3n) is 6.88. The number of rotatable bonds is 13. The van der Waals surface area contributed by atoms with Gasteiger partial charge in [0, 0.05) is 25.0 Å². The van der Waals surface area contributed by atoms with E-state index in [2.05, 4.69) is 63.0 Å². The van der Waals surface area contributed by atoms with Gasteiger partial charge in [-0.15, -0.1) is 0 Å². The number of hydrogen-bond acceptors (Lipinski definition) is 6. The average molecular weight is 502 g/mol. The molecule has 1 aliphatic heterocycles. The quantitative estimate of drug-likeness (QED) is 0.179. The van der Waals surface area contributed by atoms with Crippen molar-refractivity contribution in [2.75, 3.05) is 29.9 Å². The van der Waals surface area contributed by atoms with E-state index in [0.29, 0.717) is 24.2 Å². The Balaban J connectivity index is 1.74. The van der Waals surface area contributed by atoms with Crippen molar-refractivity contribution in [1.29, 1.82) is 0 Å². The predicted molar refractivity (Wildman–Crippen MR) is 149 cm³/mol. The van der Waals surface area contributed by atoms with Crippen LogP contribution in [0.5, 0.6) is 0 Å². The van der Waals surface area contributed by atoms with Gasteiger partial charge in [0.1, 0.15) is 5.69 Å². The largest absolute Gasteiger partial charge is 0.478 e. The van der Waals surface area contributed by atoms with Gasteiger partial charge in [0.25, 0.3) is 0 Å². The number of carboxylic acids is 1. The zero-order valence-electron chi connectivity index (χ0n) is 21.4. The predicted octanol–water partition coefficient (Wildman–Crippen LogP) is 5.63. The molecule has 0 spiro atoms. The smallest absolute Gasteiger partial charge is 0.335 e. The molecule has 2 aromatic carbocycles. The molecule has 1 aliphatic rings. The lowest BCUT2D eigenvalue weighted by atomic mass is 10.1. The molecule has 1 aromatic heterocycles. The Morgan fingerprint density at radius 2 is 1.89 bits per heavy atom. The van der Waals surface area contributed by atoms with Gasteiger partial charge in [0.05, 0.1) is 16.8 Å². The Hall–Kier alpha value is -3.78. The van der Waals surface area contributed by atoms with Crippen LogP contribution in [-0.2, 0) is 17.9 Å². The number of carbonyl (C=O) groups excluding carboxylic acids is 1. The molecule has 8 heteroatoms. The number of carboxylic acid groups (broad SMARTS) is 1. The van der Waals surface area contributed by atoms with Crippen LogP contribution in [0.15, 0.2) is 47.5 Å². The normalized spacial score (nSPS) is 13.5. The lowest BCUT2D eigenvalue weighted by Crippen LogP contribution is -2.25. The van der Waals surface area contributed by atoms with Gasteiger partial charge in [0.2, 0.25) is 6.41 Å². The summed E-state index contributed by atoms with van der Waals surface area (Å²) in [6.45, 7) is 10.6. The van der Waals surface area contributed by atoms with E-state index in [-0.39, 0.29) is 11.4 Å². The minimum Gasteiger partial charge on any atom is -0.478 e. The molecule has 0 unspecified atom stereocenters. The molecule has 0 bridgehead atoms. The Labute approximate surface area is 218 Å². The van der Waals surface area contributed by atoms with Crippen molar-refractivity contribution in [2.24, 2.45) is 4.99 Å². The summed E-state index contributed by atoms with van der Waals surface area (Å²) in [6, 6.07) is 13.6. The number of anilines is 2. The van der Waals surface area contributed by atoms with Gasteiger partial charge >= 0.3 is 5.97 Å². The molecular formula is C29H35N5O3. The number of aliphatic imine (C=N–C) groups is 1. The maximum absolute atomic E-state index is 11.6. The van der Waals surface area contributed by atoms with Crippen LogP contribution in [-0.4, -0.2) is 53.7 Å². The van der Waals surface area contributed by atoms with Crippen LogP contribution < -0.4 is 10.2 Å². The van der Waals surface area contributed by atoms with Gasteiger partial charge in [-0.1, -0.05) is 44.0 Å². The van der Waals surface area contributed by atoms with Crippen LogP contribution in [0.25, 0.3) is 10.9 Å². The highest BCUT2D eigenvalue weighted by Gasteiger charge is 2.21. The maximum atomic E-state index is 11.6. The first-order chi connectivity index (χ1) is 18.0. The molecule has 8 nitrogen and oxygen atoms in total. The lowest BCUT2D eigenvalue weighted by molar-refractivity contribution is -0.105. The second kappa shape index (κ2) is 12.5. The number of nitrogens with one attached hydrogen (secondary N) is 1. The minimum absolute atomic E-state index is 0.133. The zero-order chi connectivity index (χ0) is 26.2. The van der Waals surface area contributed by atoms with Gasteiger partial charge in [-0.3, -0.25) is 14.7 Å². The molecule has 4 rings (SSSR count). The topological polar surface area (TPSA) is 98.1 Å². The Kier molecular flexibility index (Phi) is 8.85. The minimum atomic E-state index is -1.03. The van der Waals surface area contributed by atoms with E-state index in [9.17, 15) is 14.7 Å². The summed E-state index contributed by atoms with van der Waals surface area (Å²) >= 11 is 0. The van der Waals surface area contributed by atoms with E-state index in [4.69, 9.17) is 0 Å². The van der Waals surface area contributed by atoms with Crippen molar-refractivity contribution >= 4 is 47.2 Å². The van der Waals surface area contributed by atoms with Crippen molar-refractivity contribution in [3.8, 4) is 0 Å². The number of hydrogen-bond donors (Lipinski definition) is 2. The number of aromatic carboxylic acids is 1. The number of unbranched alkanes of at least 4 members (excludes halogenated alkanes) is 2. The van der Waals surface area contributed by atoms with Gasteiger partial charge in [-0.2, -0.15) is 0 Å². The molecular weight excluding hydrogens is 466 g/mol. The van der Waals surface area contributed by atoms with Crippen molar-refractivity contribution in [1.82, 2.24) is 9.88 Å². The van der Waals surface area contributed by atoms with Crippen molar-refractivity contribution in [3.63, 3.8) is 0 Å². The third kappa shape index (κ3) is 6.32. The molecule has 0 atom stereocenters. The number of likely N-dealkylation sites (tertiary alicyclic amines) is 1. The SMILES string of the molecule is C=Nc1c(NC=O)nc2cc(C(=O)O)ccc2c1N(CCCCC)Cc1ccc(CN2CCCC2)cc1. The first-order valence-electron chi connectivity index (χ1n) is 13.0. The maximum Gasteiger partial charge on any atom is 0.335 e. The Morgan fingerprint density at radius 1 is 1.16 bits per heavy atom. The molecule has 0 aliphatic carbocycles. The van der Waals surface area contributed by atoms with Gasteiger partial charge in [-0.25, -0.2) is 9.78 Å². The zero-order valence-corrected chi connectivity index (χ0v) is 21.4. The van der Waals surface area contributed by atoms with Crippen LogP contribution in [0.2, 0.25) is 0 Å². The first-order valence-corrected chi connectivity index (χ1v) is 13.0. The standard InChI is InChI=1S/C29H35N5O3/c1-3-4-5-16-34(19-22-10-8-21(9-11-22)18-33-14-6-7-15-33)27-24-13-12-23(29(36)37)17-25(24)32-28(31-20-35)26(27)30-2/h8-13,17,20H,2-7,14-16,18-19H2,1H3,(H,36,37)(H,31,32,35). The van der Waals surface area contributed by atoms with Crippen LogP contribution in [0.4, 0.5) is 17.2 Å². The summed E-state index contributed by atoms with van der Waals surface area (Å²) < 4.78 is 0. The second-order valence-electron chi connectivity index (χ2n) is 9.54. The van der Waals surface area contributed by atoms with Crippen LogP contribution >= 0.6 is 0 Å². The number of amides is 1. The summed E-state index contributed by atoms with van der Waals surface area (Å²) in [4.78, 5) is 36.5. The van der Waals surface area contributed by atoms with E-state index in [0.717, 1.165) is 49.0 Å². The number of nitrogens with zero attached hydrogens (tertiary/aromatic N) is 4. The van der Waals surface area contributed by atoms with Crippen molar-refractivity contribution in [2.45, 2.75) is 52.1 Å². The highest BCUT2D eigenvalue weighted by molar-refractivity contribution is 6.05. The highest BCUT2D eigenvalue weighted by atomic mass is 16.4. The Bertz CT molecular complexity index is 1250. The van der Waals surface area contributed by atoms with Crippen LogP contribution in [0.3, 0.4) is 0 Å². The summed E-state index contributed by atoms with van der Waals surface area (Å²) in [5.74, 6) is -0.772. The summed E-state index contributed by atoms with van der Waals surface area (Å²) in [5.41, 5.74) is 4.35. The number of pyridine rings is 1. The molecule has 2 heterocycles. The molecule has 2 N–H and O–H groups in total. The highest BCUT2D eigenvalue weighted by Crippen LogP contribution is 2.41. The average Bonchev–Trinajstić information content (AvgIpc) is 3.41. The molecule has 0 radical (unpaired) electrons. The summed E-state index contributed by atoms with van der Waals surface area (Å²) in [5, 5.41) is 12.9. The molecule has 1 fully saturated rings. The Morgan fingerprint density at radius 3 is 2.54 bits per heavy atom. The monoisotopic (exact) mass is 501 g/mol. The number of carbonyl (C=O) groups is 2. The third-order valence-corrected chi connectivity index (χ3v) is 6.88. The molecule has 3 aromatic rings. The van der Waals surface area contributed by atoms with Gasteiger partial charge in [-0.05, 0) is 68.4 Å². The molecule has 0 saturated carbocycles.